The first kappa shape index (κ1) is 18.6. The van der Waals surface area contributed by atoms with Gasteiger partial charge in [0.25, 0.3) is 11.6 Å². The lowest BCUT2D eigenvalue weighted by Gasteiger charge is -2.36. The summed E-state index contributed by atoms with van der Waals surface area (Å²) < 4.78 is 5.31. The summed E-state index contributed by atoms with van der Waals surface area (Å²) in [5.74, 6) is 0.203. The van der Waals surface area contributed by atoms with Gasteiger partial charge in [0.05, 0.1) is 22.7 Å². The Morgan fingerprint density at radius 3 is 2.82 bits per heavy atom. The predicted octanol–water partition coefficient (Wildman–Crippen LogP) is 3.70. The van der Waals surface area contributed by atoms with Gasteiger partial charge >= 0.3 is 0 Å². The van der Waals surface area contributed by atoms with Crippen molar-refractivity contribution in [1.82, 2.24) is 20.4 Å². The number of piperazine rings is 1. The quantitative estimate of drug-likeness (QED) is 0.750. The Morgan fingerprint density at radius 2 is 2.11 bits per heavy atom. The minimum absolute atomic E-state index is 0.00336. The first-order valence-electron chi connectivity index (χ1n) is 9.94. The minimum Gasteiger partial charge on any atom is -0.336 e. The normalized spacial score (nSPS) is 17.4. The summed E-state index contributed by atoms with van der Waals surface area (Å²) in [6.45, 7) is 8.45. The van der Waals surface area contributed by atoms with Crippen LogP contribution < -0.4 is 5.32 Å². The topological polar surface area (TPSA) is 71.3 Å². The van der Waals surface area contributed by atoms with Gasteiger partial charge in [-0.15, -0.1) is 0 Å². The highest BCUT2D eigenvalue weighted by molar-refractivity contribution is 5.97. The van der Waals surface area contributed by atoms with Crippen LogP contribution in [0.5, 0.6) is 0 Å². The van der Waals surface area contributed by atoms with Crippen LogP contribution >= 0.6 is 0 Å². The molecule has 1 aliphatic rings. The number of hydrogen-bond acceptors (Lipinski definition) is 5. The van der Waals surface area contributed by atoms with Gasteiger partial charge in [-0.25, -0.2) is 4.98 Å². The molecule has 28 heavy (non-hydrogen) atoms. The molecule has 1 amide bonds. The van der Waals surface area contributed by atoms with Crippen molar-refractivity contribution in [3.63, 3.8) is 0 Å². The molecule has 2 aromatic heterocycles. The van der Waals surface area contributed by atoms with E-state index >= 15 is 0 Å². The number of hydrogen-bond donors (Lipinski definition) is 1. The Bertz CT molecular complexity index is 978. The zero-order chi connectivity index (χ0) is 19.7. The van der Waals surface area contributed by atoms with Crippen LogP contribution in [0, 0.1) is 0 Å². The molecule has 1 aliphatic heterocycles. The second-order valence-corrected chi connectivity index (χ2v) is 7.61. The third-order valence-corrected chi connectivity index (χ3v) is 5.43. The van der Waals surface area contributed by atoms with Gasteiger partial charge in [0.2, 0.25) is 0 Å². The van der Waals surface area contributed by atoms with Crippen molar-refractivity contribution in [3.05, 3.63) is 58.9 Å². The number of aryl methyl sites for hydroxylation is 1. The number of benzene rings is 1. The fraction of sp³-hybridized carbons (Fsp3) is 0.409. The van der Waals surface area contributed by atoms with Gasteiger partial charge in [0.15, 0.2) is 0 Å². The van der Waals surface area contributed by atoms with Gasteiger partial charge in [0, 0.05) is 25.8 Å². The van der Waals surface area contributed by atoms with Gasteiger partial charge in [-0.3, -0.25) is 4.79 Å². The Kier molecular flexibility index (Phi) is 5.13. The average molecular weight is 378 g/mol. The lowest BCUT2D eigenvalue weighted by molar-refractivity contribution is 0.0634. The van der Waals surface area contributed by atoms with Crippen molar-refractivity contribution in [3.8, 4) is 0 Å². The maximum Gasteiger partial charge on any atom is 0.257 e. The summed E-state index contributed by atoms with van der Waals surface area (Å²) in [5, 5.41) is 8.35. The van der Waals surface area contributed by atoms with E-state index in [1.807, 2.05) is 11.0 Å². The molecule has 1 atom stereocenters. The second-order valence-electron chi connectivity index (χ2n) is 7.61. The number of carbonyl (C=O) groups is 1. The van der Waals surface area contributed by atoms with Crippen LogP contribution in [-0.2, 0) is 6.42 Å². The van der Waals surface area contributed by atoms with Crippen LogP contribution in [0.4, 0.5) is 0 Å². The standard InChI is InChI=1S/C22H26N4O2/c1-4-15-5-7-16(8-6-15)19-13-23-9-10-26(19)22(27)17-11-18-20(14(2)3)25-28-21(18)24-12-17/h5-8,11-12,14,19,23H,4,9-10,13H2,1-3H3. The number of fused-ring (bicyclic) bond motifs is 1. The molecule has 146 valence electrons. The van der Waals surface area contributed by atoms with E-state index < -0.39 is 0 Å². The van der Waals surface area contributed by atoms with E-state index in [1.165, 1.54) is 5.56 Å². The summed E-state index contributed by atoms with van der Waals surface area (Å²) in [4.78, 5) is 19.6. The number of aromatic nitrogens is 2. The fourth-order valence-electron chi connectivity index (χ4n) is 3.77. The molecule has 0 bridgehead atoms. The maximum absolute atomic E-state index is 13.4. The van der Waals surface area contributed by atoms with E-state index in [4.69, 9.17) is 4.52 Å². The maximum atomic E-state index is 13.4. The van der Waals surface area contributed by atoms with E-state index in [0.717, 1.165) is 36.2 Å². The first-order chi connectivity index (χ1) is 13.6. The van der Waals surface area contributed by atoms with E-state index in [0.29, 0.717) is 17.8 Å². The minimum atomic E-state index is -0.00336. The molecule has 4 rings (SSSR count). The van der Waals surface area contributed by atoms with Gasteiger partial charge in [-0.1, -0.05) is 50.2 Å². The zero-order valence-electron chi connectivity index (χ0n) is 16.6. The van der Waals surface area contributed by atoms with Crippen molar-refractivity contribution in [1.29, 1.82) is 0 Å². The molecule has 0 radical (unpaired) electrons. The monoisotopic (exact) mass is 378 g/mol. The lowest BCUT2D eigenvalue weighted by Crippen LogP contribution is -2.48. The zero-order valence-corrected chi connectivity index (χ0v) is 16.6. The Hall–Kier alpha value is -2.73. The van der Waals surface area contributed by atoms with E-state index in [9.17, 15) is 4.79 Å². The van der Waals surface area contributed by atoms with Crippen LogP contribution in [0.3, 0.4) is 0 Å². The molecule has 3 heterocycles. The first-order valence-corrected chi connectivity index (χ1v) is 9.94. The van der Waals surface area contributed by atoms with Crippen LogP contribution in [0.25, 0.3) is 11.1 Å². The summed E-state index contributed by atoms with van der Waals surface area (Å²) in [6, 6.07) is 10.4. The van der Waals surface area contributed by atoms with Gasteiger partial charge in [-0.2, -0.15) is 0 Å². The Morgan fingerprint density at radius 1 is 1.32 bits per heavy atom. The predicted molar refractivity (Wildman–Crippen MR) is 108 cm³/mol. The number of nitrogens with one attached hydrogen (secondary N) is 1. The number of nitrogens with zero attached hydrogens (tertiary/aromatic N) is 3. The summed E-state index contributed by atoms with van der Waals surface area (Å²) in [5.41, 5.74) is 4.35. The molecule has 0 saturated carbocycles. The molecule has 0 spiro atoms. The van der Waals surface area contributed by atoms with Crippen molar-refractivity contribution < 1.29 is 9.32 Å². The number of pyridine rings is 1. The Balaban J connectivity index is 1.66. The Labute approximate surface area is 164 Å². The SMILES string of the molecule is CCc1ccc(C2CNCCN2C(=O)c2cnc3onc(C(C)C)c3c2)cc1. The number of amides is 1. The smallest absolute Gasteiger partial charge is 0.257 e. The molecule has 0 aliphatic carbocycles. The van der Waals surface area contributed by atoms with Crippen LogP contribution in [0.2, 0.25) is 0 Å². The second kappa shape index (κ2) is 7.72. The molecule has 1 N–H and O–H groups in total. The van der Waals surface area contributed by atoms with E-state index in [1.54, 1.807) is 6.20 Å². The molecule has 1 aromatic carbocycles. The summed E-state index contributed by atoms with van der Waals surface area (Å²) in [6.07, 6.45) is 2.60. The molecule has 6 nitrogen and oxygen atoms in total. The van der Waals surface area contributed by atoms with Crippen molar-refractivity contribution in [2.45, 2.75) is 39.2 Å². The third kappa shape index (κ3) is 3.40. The third-order valence-electron chi connectivity index (χ3n) is 5.43. The van der Waals surface area contributed by atoms with Gasteiger partial charge < -0.3 is 14.7 Å². The summed E-state index contributed by atoms with van der Waals surface area (Å²) in [7, 11) is 0. The highest BCUT2D eigenvalue weighted by atomic mass is 16.5. The summed E-state index contributed by atoms with van der Waals surface area (Å²) >= 11 is 0. The van der Waals surface area contributed by atoms with Crippen molar-refractivity contribution in [2.24, 2.45) is 0 Å². The highest BCUT2D eigenvalue weighted by Crippen LogP contribution is 2.27. The molecule has 6 heteroatoms. The molecular weight excluding hydrogens is 352 g/mol. The van der Waals surface area contributed by atoms with Crippen molar-refractivity contribution in [2.75, 3.05) is 19.6 Å². The fourth-order valence-corrected chi connectivity index (χ4v) is 3.77. The average Bonchev–Trinajstić information content (AvgIpc) is 3.17. The molecule has 1 saturated heterocycles. The van der Waals surface area contributed by atoms with Crippen LogP contribution in [0.1, 0.15) is 59.9 Å². The van der Waals surface area contributed by atoms with Gasteiger partial charge in [0.1, 0.15) is 0 Å². The molecular formula is C22H26N4O2. The lowest BCUT2D eigenvalue weighted by atomic mass is 10.00. The number of rotatable bonds is 4. The highest BCUT2D eigenvalue weighted by Gasteiger charge is 2.29. The molecule has 1 unspecified atom stereocenters. The molecule has 1 fully saturated rings. The molecule has 3 aromatic rings. The van der Waals surface area contributed by atoms with E-state index in [2.05, 4.69) is 60.5 Å². The number of carbonyl (C=O) groups excluding carboxylic acids is 1. The van der Waals surface area contributed by atoms with E-state index in [-0.39, 0.29) is 17.9 Å². The largest absolute Gasteiger partial charge is 0.336 e. The van der Waals surface area contributed by atoms with Crippen LogP contribution in [-0.4, -0.2) is 40.6 Å². The van der Waals surface area contributed by atoms with Gasteiger partial charge in [-0.05, 0) is 29.5 Å². The van der Waals surface area contributed by atoms with Crippen LogP contribution in [0.15, 0.2) is 41.1 Å². The van der Waals surface area contributed by atoms with Crippen molar-refractivity contribution >= 4 is 17.0 Å².